The molecule has 16 heteroatoms. The number of carbonyl (C=O) groups excluding carboxylic acids is 2. The Labute approximate surface area is 332 Å². The number of alkyl halides is 1. The molecule has 0 radical (unpaired) electrons. The second-order valence-electron chi connectivity index (χ2n) is 15.2. The number of aliphatic hydroxyl groups is 1. The van der Waals surface area contributed by atoms with Crippen LogP contribution in [-0.4, -0.2) is 108 Å². The van der Waals surface area contributed by atoms with Crippen molar-refractivity contribution in [3.8, 4) is 40.2 Å². The van der Waals surface area contributed by atoms with Crippen molar-refractivity contribution in [2.45, 2.75) is 74.3 Å². The summed E-state index contributed by atoms with van der Waals surface area (Å²) in [5.41, 5.74) is 4.21. The van der Waals surface area contributed by atoms with Crippen LogP contribution in [0.2, 0.25) is 0 Å². The van der Waals surface area contributed by atoms with Crippen molar-refractivity contribution >= 4 is 35.3 Å². The molecular weight excluding hydrogens is 766 g/mol. The van der Waals surface area contributed by atoms with Gasteiger partial charge in [0.15, 0.2) is 40.0 Å². The predicted octanol–water partition coefficient (Wildman–Crippen LogP) is 4.02. The van der Waals surface area contributed by atoms with E-state index in [-0.39, 0.29) is 48.7 Å². The number of halogens is 1. The van der Waals surface area contributed by atoms with Gasteiger partial charge in [-0.25, -0.2) is 4.79 Å². The van der Waals surface area contributed by atoms with Crippen molar-refractivity contribution in [1.29, 1.82) is 0 Å². The van der Waals surface area contributed by atoms with Gasteiger partial charge in [-0.05, 0) is 68.1 Å². The maximum absolute atomic E-state index is 14.7. The summed E-state index contributed by atoms with van der Waals surface area (Å²) in [7, 11) is 4.94. The number of carbonyl (C=O) groups is 2. The highest BCUT2D eigenvalue weighted by atomic mass is 35.5. The molecule has 2 saturated heterocycles. The first-order chi connectivity index (χ1) is 26.9. The van der Waals surface area contributed by atoms with Crippen LogP contribution >= 0.6 is 23.4 Å². The molecule has 0 aromatic heterocycles. The molecule has 10 rings (SSSR count). The molecule has 3 aromatic rings. The maximum Gasteiger partial charge on any atom is 0.331 e. The Hall–Kier alpha value is -4.12. The van der Waals surface area contributed by atoms with E-state index in [0.29, 0.717) is 70.2 Å². The molecule has 1 spiro atoms. The van der Waals surface area contributed by atoms with Crippen LogP contribution in [0.3, 0.4) is 0 Å². The number of fused-ring (bicyclic) bond motifs is 9. The lowest BCUT2D eigenvalue weighted by Gasteiger charge is -2.62. The van der Waals surface area contributed by atoms with Crippen LogP contribution in [0.15, 0.2) is 18.2 Å². The van der Waals surface area contributed by atoms with Crippen molar-refractivity contribution in [2.24, 2.45) is 0 Å². The van der Waals surface area contributed by atoms with Crippen molar-refractivity contribution in [2.75, 3.05) is 52.8 Å². The largest absolute Gasteiger partial charge is 0.504 e. The molecule has 2 fully saturated rings. The molecule has 1 unspecified atom stereocenters. The molecule has 7 heterocycles. The highest BCUT2D eigenvalue weighted by molar-refractivity contribution is 7.99. The predicted molar refractivity (Wildman–Crippen MR) is 204 cm³/mol. The van der Waals surface area contributed by atoms with Crippen LogP contribution in [0, 0.1) is 13.8 Å². The molecule has 7 aliphatic heterocycles. The number of aryl methyl sites for hydroxylation is 1. The molecular formula is C40H44ClN3O11S. The van der Waals surface area contributed by atoms with Crippen LogP contribution in [-0.2, 0) is 32.7 Å². The van der Waals surface area contributed by atoms with Gasteiger partial charge in [0.1, 0.15) is 18.6 Å². The Balaban J connectivity index is 1.32. The summed E-state index contributed by atoms with van der Waals surface area (Å²) in [4.78, 5) is 32.3. The normalized spacial score (nSPS) is 28.8. The third-order valence-corrected chi connectivity index (χ3v) is 14.2. The number of phenolic OH excluding ortho intramolecular Hbond substituents is 2. The Bertz CT molecular complexity index is 2170. The van der Waals surface area contributed by atoms with E-state index in [1.54, 1.807) is 12.1 Å². The van der Waals surface area contributed by atoms with Gasteiger partial charge >= 0.3 is 11.9 Å². The van der Waals surface area contributed by atoms with Crippen LogP contribution in [0.5, 0.6) is 40.2 Å². The number of nitrogens with one attached hydrogen (secondary N) is 1. The fourth-order valence-electron chi connectivity index (χ4n) is 10.1. The van der Waals surface area contributed by atoms with E-state index in [2.05, 4.69) is 10.2 Å². The number of hydrogen-bond acceptors (Lipinski definition) is 15. The molecule has 0 aliphatic carbocycles. The molecule has 14 nitrogen and oxygen atoms in total. The molecule has 3 aromatic carbocycles. The summed E-state index contributed by atoms with van der Waals surface area (Å²) in [6.07, 6.45) is -0.106. The Morgan fingerprint density at radius 1 is 1.05 bits per heavy atom. The maximum atomic E-state index is 14.7. The summed E-state index contributed by atoms with van der Waals surface area (Å²) >= 11 is 7.49. The first kappa shape index (κ1) is 37.5. The lowest BCUT2D eigenvalue weighted by Crippen LogP contribution is -2.70. The van der Waals surface area contributed by atoms with Crippen LogP contribution in [0.25, 0.3) is 0 Å². The molecule has 0 amide bonds. The van der Waals surface area contributed by atoms with Crippen LogP contribution < -0.4 is 29.0 Å². The summed E-state index contributed by atoms with van der Waals surface area (Å²) in [5.74, 6) is 0.866. The van der Waals surface area contributed by atoms with E-state index in [1.165, 1.54) is 26.0 Å². The Morgan fingerprint density at radius 3 is 2.59 bits per heavy atom. The molecule has 298 valence electrons. The zero-order valence-corrected chi connectivity index (χ0v) is 33.2. The third kappa shape index (κ3) is 5.24. The number of hydrogen-bond donors (Lipinski definition) is 4. The third-order valence-electron chi connectivity index (χ3n) is 12.5. The average Bonchev–Trinajstić information content (AvgIpc) is 3.67. The number of ether oxygens (including phenoxy) is 6. The van der Waals surface area contributed by atoms with Gasteiger partial charge in [0.05, 0.1) is 44.0 Å². The summed E-state index contributed by atoms with van der Waals surface area (Å²) in [5, 5.41) is 38.3. The van der Waals surface area contributed by atoms with Crippen molar-refractivity contribution in [1.82, 2.24) is 15.1 Å². The number of aromatic hydroxyl groups is 2. The zero-order valence-electron chi connectivity index (χ0n) is 31.6. The van der Waals surface area contributed by atoms with Crippen molar-refractivity contribution in [3.05, 3.63) is 62.7 Å². The number of piperazine rings is 1. The summed E-state index contributed by atoms with van der Waals surface area (Å²) in [6.45, 7) is 3.85. The minimum Gasteiger partial charge on any atom is -0.504 e. The van der Waals surface area contributed by atoms with Gasteiger partial charge in [-0.2, -0.15) is 0 Å². The van der Waals surface area contributed by atoms with Crippen LogP contribution in [0.4, 0.5) is 0 Å². The number of aliphatic hydroxyl groups excluding tert-OH is 1. The van der Waals surface area contributed by atoms with Gasteiger partial charge in [-0.1, -0.05) is 6.07 Å². The first-order valence-corrected chi connectivity index (χ1v) is 20.3. The number of methoxy groups -OCH3 is 2. The highest BCUT2D eigenvalue weighted by Crippen LogP contribution is 2.64. The SMILES string of the molecule is COc1cc2c(cc1O)CCN[C@]21CS[C@@H]2c3c(OC(=O)CCCl)c(C)c4c(c3[C@@H](COC1=O)N1C2[C@H]2c3c(cc(C)c(OC)c3O)C[C@H]([C@@H]1O)N2C)OCO4. The number of thioether (sulfide) groups is 1. The van der Waals surface area contributed by atoms with Gasteiger partial charge in [-0.3, -0.25) is 19.9 Å². The number of esters is 2. The molecule has 4 N–H and O–H groups in total. The second kappa shape index (κ2) is 13.8. The number of rotatable bonds is 5. The summed E-state index contributed by atoms with van der Waals surface area (Å²) in [6, 6.07) is 3.03. The smallest absolute Gasteiger partial charge is 0.331 e. The minimum absolute atomic E-state index is 0.0284. The molecule has 7 atom stereocenters. The van der Waals surface area contributed by atoms with Crippen LogP contribution in [0.1, 0.15) is 68.3 Å². The van der Waals surface area contributed by atoms with Crippen molar-refractivity contribution in [3.63, 3.8) is 0 Å². The fraction of sp³-hybridized carbons (Fsp3) is 0.500. The van der Waals surface area contributed by atoms with Gasteiger partial charge in [0.2, 0.25) is 6.79 Å². The lowest BCUT2D eigenvalue weighted by atomic mass is 9.73. The summed E-state index contributed by atoms with van der Waals surface area (Å²) < 4.78 is 36.2. The molecule has 4 bridgehead atoms. The van der Waals surface area contributed by atoms with Gasteiger partial charge in [0.25, 0.3) is 0 Å². The van der Waals surface area contributed by atoms with Gasteiger partial charge < -0.3 is 43.7 Å². The molecule has 7 aliphatic rings. The van der Waals surface area contributed by atoms with Crippen molar-refractivity contribution < 1.29 is 53.3 Å². The topological polar surface area (TPSA) is 169 Å². The average molecular weight is 810 g/mol. The second-order valence-corrected chi connectivity index (χ2v) is 16.8. The van der Waals surface area contributed by atoms with E-state index in [0.717, 1.165) is 16.7 Å². The number of benzene rings is 3. The number of nitrogens with zero attached hydrogens (tertiary/aromatic N) is 2. The van der Waals surface area contributed by atoms with E-state index in [1.807, 2.05) is 31.9 Å². The lowest BCUT2D eigenvalue weighted by molar-refractivity contribution is -0.186. The fourth-order valence-corrected chi connectivity index (χ4v) is 11.9. The number of likely N-dealkylation sites (N-methyl/N-ethyl adjacent to an activating group) is 1. The van der Waals surface area contributed by atoms with E-state index in [4.69, 9.17) is 40.0 Å². The quantitative estimate of drug-likeness (QED) is 0.166. The van der Waals surface area contributed by atoms with E-state index < -0.39 is 53.1 Å². The van der Waals surface area contributed by atoms with E-state index in [9.17, 15) is 24.9 Å². The standard InChI is InChI=1S/C40H44ClN3O11S/c1-17-10-20-11-22-38(48)44-23-14-52-39(49)40(21-13-25(50-4)24(45)12-19(21)7-9-42-40)15-56-37(31(44)30(43(22)3)27(20)32(47)33(17)51-5)29-28(23)36-35(53-16-54-36)18(2)34(29)55-26(46)6-8-41/h10,12-13,22-23,30-31,37-38,42,45,47-48H,6-9,11,14-16H2,1-5H3/t22-,23-,30-,31?,37-,38+,40-/m1/s1. The minimum atomic E-state index is -1.38. The monoisotopic (exact) mass is 809 g/mol. The van der Waals surface area contributed by atoms with Gasteiger partial charge in [0, 0.05) is 46.5 Å². The Kier molecular flexibility index (Phi) is 9.21. The zero-order chi connectivity index (χ0) is 39.4. The first-order valence-electron chi connectivity index (χ1n) is 18.7. The number of phenols is 2. The Morgan fingerprint density at radius 2 is 1.84 bits per heavy atom. The molecule has 56 heavy (non-hydrogen) atoms. The van der Waals surface area contributed by atoms with E-state index >= 15 is 0 Å². The molecule has 0 saturated carbocycles. The highest BCUT2D eigenvalue weighted by Gasteiger charge is 2.61. The van der Waals surface area contributed by atoms with Gasteiger partial charge in [-0.15, -0.1) is 23.4 Å².